The molecule has 5 heteroatoms. The minimum absolute atomic E-state index is 0.0990. The summed E-state index contributed by atoms with van der Waals surface area (Å²) in [6.07, 6.45) is 0.809. The van der Waals surface area contributed by atoms with Crippen molar-refractivity contribution >= 4 is 20.1 Å². The van der Waals surface area contributed by atoms with Crippen molar-refractivity contribution in [3.05, 3.63) is 0 Å². The van der Waals surface area contributed by atoms with Crippen molar-refractivity contribution in [2.75, 3.05) is 7.11 Å². The average molecular weight is 288 g/mol. The van der Waals surface area contributed by atoms with Gasteiger partial charge in [-0.05, 0) is 24.6 Å². The summed E-state index contributed by atoms with van der Waals surface area (Å²) >= 11 is 0. The van der Waals surface area contributed by atoms with Gasteiger partial charge in [0.2, 0.25) is 0 Å². The molecule has 4 nitrogen and oxygen atoms in total. The monoisotopic (exact) mass is 288 g/mol. The topological polar surface area (TPSA) is 52.6 Å². The minimum atomic E-state index is -1.87. The third kappa shape index (κ3) is 6.34. The fraction of sp³-hybridized carbons (Fsp3) is 0.857. The first-order chi connectivity index (χ1) is 8.53. The molecule has 112 valence electrons. The minimum Gasteiger partial charge on any atom is -0.469 e. The molecule has 0 saturated carbocycles. The fourth-order valence-electron chi connectivity index (χ4n) is 1.42. The molecule has 0 N–H and O–H groups in total. The number of esters is 1. The van der Waals surface area contributed by atoms with Gasteiger partial charge in [0.1, 0.15) is 12.2 Å². The zero-order valence-electron chi connectivity index (χ0n) is 13.3. The summed E-state index contributed by atoms with van der Waals surface area (Å²) in [6, 6.07) is 0. The molecule has 0 aromatic carbocycles. The van der Waals surface area contributed by atoms with Crippen LogP contribution in [-0.2, 0) is 18.8 Å². The van der Waals surface area contributed by atoms with Crippen LogP contribution in [-0.4, -0.2) is 33.3 Å². The molecule has 1 atom stereocenters. The number of ketones is 1. The Morgan fingerprint density at radius 2 is 1.74 bits per heavy atom. The molecule has 0 saturated heterocycles. The summed E-state index contributed by atoms with van der Waals surface area (Å²) in [4.78, 5) is 22.8. The Labute approximate surface area is 118 Å². The highest BCUT2D eigenvalue weighted by Gasteiger charge is 2.39. The molecule has 0 radical (unpaired) electrons. The summed E-state index contributed by atoms with van der Waals surface area (Å²) in [5.41, 5.74) is 0. The van der Waals surface area contributed by atoms with Gasteiger partial charge in [-0.25, -0.2) is 0 Å². The maximum Gasteiger partial charge on any atom is 0.313 e. The Bertz CT molecular complexity index is 318. The lowest BCUT2D eigenvalue weighted by Crippen LogP contribution is -2.44. The van der Waals surface area contributed by atoms with Gasteiger partial charge in [0.15, 0.2) is 8.32 Å². The van der Waals surface area contributed by atoms with Crippen LogP contribution < -0.4 is 0 Å². The van der Waals surface area contributed by atoms with E-state index in [1.807, 2.05) is 6.92 Å². The molecule has 0 heterocycles. The summed E-state index contributed by atoms with van der Waals surface area (Å²) in [5.74, 6) is -0.593. The van der Waals surface area contributed by atoms with Crippen molar-refractivity contribution in [3.8, 4) is 0 Å². The van der Waals surface area contributed by atoms with Crippen molar-refractivity contribution in [1.82, 2.24) is 0 Å². The largest absolute Gasteiger partial charge is 0.469 e. The fourth-order valence-corrected chi connectivity index (χ4v) is 2.86. The van der Waals surface area contributed by atoms with Crippen molar-refractivity contribution in [2.45, 2.75) is 71.2 Å². The third-order valence-corrected chi connectivity index (χ3v) is 8.28. The highest BCUT2D eigenvalue weighted by Crippen LogP contribution is 2.38. The first-order valence-electron chi connectivity index (χ1n) is 6.79. The maximum atomic E-state index is 11.8. The molecule has 0 aliphatic rings. The smallest absolute Gasteiger partial charge is 0.313 e. The van der Waals surface area contributed by atoms with E-state index in [0.29, 0.717) is 0 Å². The summed E-state index contributed by atoms with van der Waals surface area (Å²) < 4.78 is 10.7. The Morgan fingerprint density at radius 1 is 1.21 bits per heavy atom. The number of rotatable bonds is 7. The molecular weight excluding hydrogens is 260 g/mol. The van der Waals surface area contributed by atoms with Gasteiger partial charge in [-0.1, -0.05) is 27.7 Å². The molecule has 0 bridgehead atoms. The van der Waals surface area contributed by atoms with Gasteiger partial charge in [-0.15, -0.1) is 0 Å². The van der Waals surface area contributed by atoms with Crippen LogP contribution in [0.4, 0.5) is 0 Å². The van der Waals surface area contributed by atoms with Gasteiger partial charge in [0.25, 0.3) is 0 Å². The number of hydrogen-bond donors (Lipinski definition) is 0. The van der Waals surface area contributed by atoms with Gasteiger partial charge in [0, 0.05) is 6.42 Å². The van der Waals surface area contributed by atoms with E-state index >= 15 is 0 Å². The van der Waals surface area contributed by atoms with E-state index in [1.165, 1.54) is 7.11 Å². The quantitative estimate of drug-likeness (QED) is 0.410. The van der Waals surface area contributed by atoms with Crippen LogP contribution in [0.2, 0.25) is 18.1 Å². The van der Waals surface area contributed by atoms with E-state index in [9.17, 15) is 9.59 Å². The zero-order chi connectivity index (χ0) is 15.3. The number of Topliss-reactive ketones (excluding diaryl/α,β-unsaturated/α-hetero) is 1. The van der Waals surface area contributed by atoms with E-state index in [2.05, 4.69) is 38.6 Å². The van der Waals surface area contributed by atoms with Crippen LogP contribution in [0.1, 0.15) is 47.0 Å². The number of methoxy groups -OCH3 is 1. The third-order valence-electron chi connectivity index (χ3n) is 3.75. The SMILES string of the molecule is CC[C@H](CC(=O)CC(=O)OC)O[Si](C)(C)C(C)(C)C. The van der Waals surface area contributed by atoms with Crippen LogP contribution in [0, 0.1) is 0 Å². The van der Waals surface area contributed by atoms with E-state index in [-0.39, 0.29) is 29.8 Å². The van der Waals surface area contributed by atoms with Crippen LogP contribution in [0.5, 0.6) is 0 Å². The van der Waals surface area contributed by atoms with Crippen LogP contribution >= 0.6 is 0 Å². The highest BCUT2D eigenvalue weighted by molar-refractivity contribution is 6.74. The number of ether oxygens (including phenoxy) is 1. The Balaban J connectivity index is 4.53. The second-order valence-corrected chi connectivity index (χ2v) is 11.2. The van der Waals surface area contributed by atoms with Gasteiger partial charge >= 0.3 is 5.97 Å². The number of carbonyl (C=O) groups is 2. The van der Waals surface area contributed by atoms with Gasteiger partial charge < -0.3 is 9.16 Å². The molecule has 0 aromatic heterocycles. The normalized spacial score (nSPS) is 14.1. The summed E-state index contributed by atoms with van der Waals surface area (Å²) in [7, 11) is -0.582. The molecule has 0 fully saturated rings. The first kappa shape index (κ1) is 18.3. The van der Waals surface area contributed by atoms with Crippen molar-refractivity contribution in [3.63, 3.8) is 0 Å². The van der Waals surface area contributed by atoms with Crippen molar-refractivity contribution < 1.29 is 18.8 Å². The number of hydrogen-bond acceptors (Lipinski definition) is 4. The zero-order valence-corrected chi connectivity index (χ0v) is 14.3. The predicted octanol–water partition coefficient (Wildman–Crippen LogP) is 3.31. The van der Waals surface area contributed by atoms with Crippen molar-refractivity contribution in [1.29, 1.82) is 0 Å². The van der Waals surface area contributed by atoms with Gasteiger partial charge in [0.05, 0.1) is 13.2 Å². The molecule has 0 spiro atoms. The van der Waals surface area contributed by atoms with Crippen LogP contribution in [0.25, 0.3) is 0 Å². The Kier molecular flexibility index (Phi) is 6.93. The first-order valence-corrected chi connectivity index (χ1v) is 9.70. The predicted molar refractivity (Wildman–Crippen MR) is 78.6 cm³/mol. The molecular formula is C14H28O4Si. The van der Waals surface area contributed by atoms with E-state index < -0.39 is 14.3 Å². The van der Waals surface area contributed by atoms with E-state index in [0.717, 1.165) is 6.42 Å². The molecule has 0 aliphatic carbocycles. The average Bonchev–Trinajstić information content (AvgIpc) is 2.25. The van der Waals surface area contributed by atoms with Crippen LogP contribution in [0.3, 0.4) is 0 Å². The molecule has 0 unspecified atom stereocenters. The van der Waals surface area contributed by atoms with Crippen LogP contribution in [0.15, 0.2) is 0 Å². The van der Waals surface area contributed by atoms with E-state index in [4.69, 9.17) is 4.43 Å². The summed E-state index contributed by atoms with van der Waals surface area (Å²) in [5, 5.41) is 0.117. The maximum absolute atomic E-state index is 11.8. The number of carbonyl (C=O) groups excluding carboxylic acids is 2. The lowest BCUT2D eigenvalue weighted by molar-refractivity contribution is -0.143. The Hall–Kier alpha value is -0.683. The summed E-state index contributed by atoms with van der Waals surface area (Å²) in [6.45, 7) is 12.8. The Morgan fingerprint density at radius 3 is 2.11 bits per heavy atom. The molecule has 19 heavy (non-hydrogen) atoms. The van der Waals surface area contributed by atoms with E-state index in [1.54, 1.807) is 0 Å². The molecule has 0 amide bonds. The van der Waals surface area contributed by atoms with Crippen molar-refractivity contribution in [2.24, 2.45) is 0 Å². The van der Waals surface area contributed by atoms with Gasteiger partial charge in [-0.2, -0.15) is 0 Å². The lowest BCUT2D eigenvalue weighted by atomic mass is 10.1. The second kappa shape index (κ2) is 7.19. The second-order valence-electron chi connectivity index (χ2n) is 6.40. The molecule has 0 aromatic rings. The highest BCUT2D eigenvalue weighted by atomic mass is 28.4. The van der Waals surface area contributed by atoms with Gasteiger partial charge in [-0.3, -0.25) is 9.59 Å². The molecule has 0 rings (SSSR count). The lowest BCUT2D eigenvalue weighted by Gasteiger charge is -2.39. The molecule has 0 aliphatic heterocycles. The standard InChI is InChI=1S/C14H28O4Si/c1-8-12(9-11(15)10-13(16)17-5)18-19(6,7)14(2,3)4/h12H,8-10H2,1-7H3/t12-/m1/s1.